The summed E-state index contributed by atoms with van der Waals surface area (Å²) in [4.78, 5) is 14.6. The molecule has 0 bridgehead atoms. The van der Waals surface area contributed by atoms with Crippen LogP contribution in [-0.2, 0) is 0 Å². The first-order valence-electron chi connectivity index (χ1n) is 8.32. The lowest BCUT2D eigenvalue weighted by Crippen LogP contribution is -2.30. The van der Waals surface area contributed by atoms with Crippen LogP contribution >= 0.6 is 11.6 Å². The topological polar surface area (TPSA) is 67.3 Å². The largest absolute Gasteiger partial charge is 0.495 e. The van der Waals surface area contributed by atoms with Gasteiger partial charge < -0.3 is 15.0 Å². The smallest absolute Gasteiger partial charge is 0.276 e. The van der Waals surface area contributed by atoms with Crippen molar-refractivity contribution in [2.75, 3.05) is 30.4 Å². The molecule has 1 aromatic heterocycles. The number of methoxy groups -OCH3 is 1. The van der Waals surface area contributed by atoms with Crippen LogP contribution in [0.25, 0.3) is 0 Å². The predicted molar refractivity (Wildman–Crippen MR) is 98.8 cm³/mol. The van der Waals surface area contributed by atoms with E-state index >= 15 is 0 Å². The van der Waals surface area contributed by atoms with Crippen molar-refractivity contribution in [2.45, 2.75) is 26.2 Å². The molecule has 1 aliphatic rings. The zero-order chi connectivity index (χ0) is 17.8. The highest BCUT2D eigenvalue weighted by atomic mass is 35.5. The van der Waals surface area contributed by atoms with Gasteiger partial charge in [-0.05, 0) is 49.9 Å². The summed E-state index contributed by atoms with van der Waals surface area (Å²) in [6, 6.07) is 6.99. The Morgan fingerprint density at radius 3 is 2.60 bits per heavy atom. The number of aryl methyl sites for hydroxylation is 1. The maximum Gasteiger partial charge on any atom is 0.276 e. The maximum absolute atomic E-state index is 12.5. The van der Waals surface area contributed by atoms with Crippen molar-refractivity contribution in [1.29, 1.82) is 0 Å². The number of carbonyl (C=O) groups excluding carboxylic acids is 1. The Morgan fingerprint density at radius 2 is 1.96 bits per heavy atom. The zero-order valence-corrected chi connectivity index (χ0v) is 15.1. The third-order valence-corrected chi connectivity index (χ3v) is 4.70. The number of rotatable bonds is 4. The lowest BCUT2D eigenvalue weighted by atomic mass is 10.1. The van der Waals surface area contributed by atoms with Crippen molar-refractivity contribution in [2.24, 2.45) is 0 Å². The summed E-state index contributed by atoms with van der Waals surface area (Å²) in [5.41, 5.74) is 1.66. The summed E-state index contributed by atoms with van der Waals surface area (Å²) in [6.07, 6.45) is 3.59. The van der Waals surface area contributed by atoms with Gasteiger partial charge in [-0.1, -0.05) is 11.6 Å². The van der Waals surface area contributed by atoms with Gasteiger partial charge in [0.25, 0.3) is 5.91 Å². The van der Waals surface area contributed by atoms with Gasteiger partial charge in [0.15, 0.2) is 11.5 Å². The molecule has 1 aliphatic heterocycles. The van der Waals surface area contributed by atoms with Gasteiger partial charge in [-0.3, -0.25) is 4.79 Å². The number of aromatic nitrogens is 2. The number of ether oxygens (including phenoxy) is 1. The van der Waals surface area contributed by atoms with Gasteiger partial charge in [0.1, 0.15) is 5.75 Å². The molecule has 2 aromatic rings. The molecule has 0 radical (unpaired) electrons. The summed E-state index contributed by atoms with van der Waals surface area (Å²) < 4.78 is 5.27. The van der Waals surface area contributed by atoms with Crippen LogP contribution < -0.4 is 15.0 Å². The highest BCUT2D eigenvalue weighted by Gasteiger charge is 2.16. The Labute approximate surface area is 152 Å². The number of hydrogen-bond donors (Lipinski definition) is 1. The van der Waals surface area contributed by atoms with Crippen molar-refractivity contribution < 1.29 is 9.53 Å². The number of anilines is 2. The third kappa shape index (κ3) is 4.02. The fourth-order valence-electron chi connectivity index (χ4n) is 2.85. The predicted octanol–water partition coefficient (Wildman–Crippen LogP) is 3.69. The minimum atomic E-state index is -0.335. The number of carbonyl (C=O) groups is 1. The normalized spacial score (nSPS) is 14.3. The van der Waals surface area contributed by atoms with E-state index in [1.165, 1.54) is 26.4 Å². The van der Waals surface area contributed by atoms with E-state index in [0.29, 0.717) is 16.5 Å². The Bertz CT molecular complexity index is 758. The van der Waals surface area contributed by atoms with Crippen LogP contribution in [0.1, 0.15) is 35.3 Å². The summed E-state index contributed by atoms with van der Waals surface area (Å²) in [5, 5.41) is 11.7. The molecule has 3 rings (SSSR count). The van der Waals surface area contributed by atoms with Crippen molar-refractivity contribution in [3.8, 4) is 5.75 Å². The number of nitrogens with zero attached hydrogens (tertiary/aromatic N) is 3. The van der Waals surface area contributed by atoms with E-state index in [9.17, 15) is 4.79 Å². The highest BCUT2D eigenvalue weighted by molar-refractivity contribution is 6.31. The average Bonchev–Trinajstić information content (AvgIpc) is 2.65. The van der Waals surface area contributed by atoms with Gasteiger partial charge in [-0.2, -0.15) is 0 Å². The summed E-state index contributed by atoms with van der Waals surface area (Å²) in [6.45, 7) is 3.84. The van der Waals surface area contributed by atoms with Crippen molar-refractivity contribution in [1.82, 2.24) is 10.2 Å². The second kappa shape index (κ2) is 7.70. The van der Waals surface area contributed by atoms with E-state index in [-0.39, 0.29) is 11.6 Å². The van der Waals surface area contributed by atoms with Crippen molar-refractivity contribution >= 4 is 29.0 Å². The highest BCUT2D eigenvalue weighted by Crippen LogP contribution is 2.31. The van der Waals surface area contributed by atoms with Crippen LogP contribution in [0.5, 0.6) is 5.75 Å². The number of nitrogens with one attached hydrogen (secondary N) is 1. The molecule has 132 valence electrons. The van der Waals surface area contributed by atoms with Gasteiger partial charge >= 0.3 is 0 Å². The molecule has 25 heavy (non-hydrogen) atoms. The van der Waals surface area contributed by atoms with Crippen molar-refractivity contribution in [3.05, 3.63) is 40.5 Å². The second-order valence-electron chi connectivity index (χ2n) is 6.08. The fourth-order valence-corrected chi connectivity index (χ4v) is 3.01. The molecular formula is C18H21ClN4O2. The monoisotopic (exact) mass is 360 g/mol. The lowest BCUT2D eigenvalue weighted by molar-refractivity contribution is 0.102. The first-order valence-corrected chi connectivity index (χ1v) is 8.70. The third-order valence-electron chi connectivity index (χ3n) is 4.29. The molecule has 1 aromatic carbocycles. The Balaban J connectivity index is 1.74. The lowest BCUT2D eigenvalue weighted by Gasteiger charge is -2.27. The molecule has 1 fully saturated rings. The minimum absolute atomic E-state index is 0.260. The van der Waals surface area contributed by atoms with Crippen LogP contribution in [0, 0.1) is 6.92 Å². The SMILES string of the molecule is COc1cc(Cl)c(C)cc1NC(=O)c1ccc(N2CCCCC2)nn1. The Morgan fingerprint density at radius 1 is 1.20 bits per heavy atom. The fraction of sp³-hybridized carbons (Fsp3) is 0.389. The Kier molecular flexibility index (Phi) is 5.38. The van der Waals surface area contributed by atoms with Crippen LogP contribution in [0.4, 0.5) is 11.5 Å². The quantitative estimate of drug-likeness (QED) is 0.900. The summed E-state index contributed by atoms with van der Waals surface area (Å²) in [7, 11) is 1.53. The standard InChI is InChI=1S/C18H21ClN4O2/c1-12-10-15(16(25-2)11-13(12)19)20-18(24)14-6-7-17(22-21-14)23-8-4-3-5-9-23/h6-7,10-11H,3-5,8-9H2,1-2H3,(H,20,24). The van der Waals surface area contributed by atoms with E-state index in [2.05, 4.69) is 20.4 Å². The van der Waals surface area contributed by atoms with Gasteiger partial charge in [0.05, 0.1) is 12.8 Å². The molecule has 2 heterocycles. The number of piperidine rings is 1. The molecule has 0 spiro atoms. The molecule has 0 saturated carbocycles. The van der Waals surface area contributed by atoms with Gasteiger partial charge in [-0.25, -0.2) is 0 Å². The van der Waals surface area contributed by atoms with Crippen LogP contribution in [0.2, 0.25) is 5.02 Å². The van der Waals surface area contributed by atoms with Gasteiger partial charge in [0, 0.05) is 24.2 Å². The van der Waals surface area contributed by atoms with Crippen LogP contribution in [0.15, 0.2) is 24.3 Å². The molecule has 0 aliphatic carbocycles. The van der Waals surface area contributed by atoms with Crippen LogP contribution in [-0.4, -0.2) is 36.3 Å². The molecule has 6 nitrogen and oxygen atoms in total. The second-order valence-corrected chi connectivity index (χ2v) is 6.49. The number of hydrogen-bond acceptors (Lipinski definition) is 5. The van der Waals surface area contributed by atoms with E-state index < -0.39 is 0 Å². The van der Waals surface area contributed by atoms with E-state index in [1.807, 2.05) is 13.0 Å². The molecule has 1 saturated heterocycles. The molecular weight excluding hydrogens is 340 g/mol. The molecule has 1 amide bonds. The van der Waals surface area contributed by atoms with E-state index in [1.54, 1.807) is 18.2 Å². The van der Waals surface area contributed by atoms with Crippen molar-refractivity contribution in [3.63, 3.8) is 0 Å². The van der Waals surface area contributed by atoms with Crippen LogP contribution in [0.3, 0.4) is 0 Å². The maximum atomic E-state index is 12.5. The first kappa shape index (κ1) is 17.5. The number of halogens is 1. The Hall–Kier alpha value is -2.34. The molecule has 0 atom stereocenters. The van der Waals surface area contributed by atoms with E-state index in [0.717, 1.165) is 24.5 Å². The zero-order valence-electron chi connectivity index (χ0n) is 14.4. The van der Waals surface area contributed by atoms with Gasteiger partial charge in [0.2, 0.25) is 0 Å². The molecule has 7 heteroatoms. The van der Waals surface area contributed by atoms with E-state index in [4.69, 9.17) is 16.3 Å². The minimum Gasteiger partial charge on any atom is -0.495 e. The summed E-state index contributed by atoms with van der Waals surface area (Å²) in [5.74, 6) is 0.982. The first-order chi connectivity index (χ1) is 12.1. The average molecular weight is 361 g/mol. The van der Waals surface area contributed by atoms with Gasteiger partial charge in [-0.15, -0.1) is 10.2 Å². The molecule has 1 N–H and O–H groups in total. The summed E-state index contributed by atoms with van der Waals surface area (Å²) >= 11 is 6.09. The number of benzene rings is 1. The molecule has 0 unspecified atom stereocenters. The number of amides is 1.